The normalized spacial score (nSPS) is 10.9. The molecular formula is C19H17NO2. The SMILES string of the molecule is COc1ccc(C(=O)/C(C#N)=C\c2ccc(C)c(C)c2)cc1. The summed E-state index contributed by atoms with van der Waals surface area (Å²) in [7, 11) is 1.57. The van der Waals surface area contributed by atoms with Crippen molar-refractivity contribution in [2.75, 3.05) is 7.11 Å². The molecule has 0 heterocycles. The Balaban J connectivity index is 2.33. The molecule has 3 heteroatoms. The monoisotopic (exact) mass is 291 g/mol. The Bertz CT molecular complexity index is 765. The third-order valence-electron chi connectivity index (χ3n) is 3.56. The van der Waals surface area contributed by atoms with Crippen LogP contribution in [-0.4, -0.2) is 12.9 Å². The highest BCUT2D eigenvalue weighted by Crippen LogP contribution is 2.17. The second kappa shape index (κ2) is 6.73. The van der Waals surface area contributed by atoms with Gasteiger partial charge in [0.05, 0.1) is 7.11 Å². The fraction of sp³-hybridized carbons (Fsp3) is 0.158. The highest BCUT2D eigenvalue weighted by atomic mass is 16.5. The smallest absolute Gasteiger partial charge is 0.203 e. The first-order valence-corrected chi connectivity index (χ1v) is 6.93. The molecule has 110 valence electrons. The van der Waals surface area contributed by atoms with E-state index in [9.17, 15) is 10.1 Å². The van der Waals surface area contributed by atoms with Crippen LogP contribution in [0.1, 0.15) is 27.0 Å². The molecule has 0 saturated heterocycles. The van der Waals surface area contributed by atoms with Crippen LogP contribution in [0.15, 0.2) is 48.0 Å². The Kier molecular flexibility index (Phi) is 4.75. The van der Waals surface area contributed by atoms with E-state index in [1.54, 1.807) is 37.5 Å². The molecule has 0 spiro atoms. The number of nitriles is 1. The zero-order valence-electron chi connectivity index (χ0n) is 12.9. The summed E-state index contributed by atoms with van der Waals surface area (Å²) in [5.74, 6) is 0.386. The molecular weight excluding hydrogens is 274 g/mol. The maximum atomic E-state index is 12.4. The molecule has 3 nitrogen and oxygen atoms in total. The Labute approximate surface area is 130 Å². The number of rotatable bonds is 4. The van der Waals surface area contributed by atoms with Gasteiger partial charge in [-0.1, -0.05) is 18.2 Å². The van der Waals surface area contributed by atoms with Crippen LogP contribution in [0.2, 0.25) is 0 Å². The molecule has 0 atom stereocenters. The molecule has 0 unspecified atom stereocenters. The van der Waals surface area contributed by atoms with Gasteiger partial charge in [0.1, 0.15) is 17.4 Å². The van der Waals surface area contributed by atoms with Gasteiger partial charge < -0.3 is 4.74 Å². The highest BCUT2D eigenvalue weighted by Gasteiger charge is 2.12. The summed E-state index contributed by atoms with van der Waals surface area (Å²) < 4.78 is 5.06. The van der Waals surface area contributed by atoms with E-state index in [2.05, 4.69) is 0 Å². The standard InChI is InChI=1S/C19H17NO2/c1-13-4-5-15(10-14(13)2)11-17(12-20)19(21)16-6-8-18(22-3)9-7-16/h4-11H,1-3H3/b17-11-. The first-order valence-electron chi connectivity index (χ1n) is 6.93. The number of ketones is 1. The van der Waals surface area contributed by atoms with Gasteiger partial charge in [-0.3, -0.25) is 4.79 Å². The molecule has 0 saturated carbocycles. The van der Waals surface area contributed by atoms with Crippen LogP contribution < -0.4 is 4.74 Å². The largest absolute Gasteiger partial charge is 0.497 e. The van der Waals surface area contributed by atoms with E-state index in [0.29, 0.717) is 11.3 Å². The molecule has 2 aromatic carbocycles. The van der Waals surface area contributed by atoms with Gasteiger partial charge in [-0.05, 0) is 60.9 Å². The molecule has 0 fully saturated rings. The van der Waals surface area contributed by atoms with Crippen molar-refractivity contribution in [1.29, 1.82) is 5.26 Å². The number of carbonyl (C=O) groups excluding carboxylic acids is 1. The van der Waals surface area contributed by atoms with Crippen molar-refractivity contribution in [2.45, 2.75) is 13.8 Å². The fourth-order valence-electron chi connectivity index (χ4n) is 2.07. The van der Waals surface area contributed by atoms with Crippen molar-refractivity contribution in [3.63, 3.8) is 0 Å². The molecule has 2 rings (SSSR count). The molecule has 0 aromatic heterocycles. The second-order valence-corrected chi connectivity index (χ2v) is 5.07. The molecule has 0 amide bonds. The van der Waals surface area contributed by atoms with Crippen LogP contribution in [0, 0.1) is 25.2 Å². The van der Waals surface area contributed by atoms with Gasteiger partial charge in [0, 0.05) is 5.56 Å². The summed E-state index contributed by atoms with van der Waals surface area (Å²) in [4.78, 5) is 12.4. The van der Waals surface area contributed by atoms with E-state index in [-0.39, 0.29) is 11.4 Å². The van der Waals surface area contributed by atoms with E-state index >= 15 is 0 Å². The van der Waals surface area contributed by atoms with Crippen LogP contribution >= 0.6 is 0 Å². The topological polar surface area (TPSA) is 50.1 Å². The first-order chi connectivity index (χ1) is 10.5. The lowest BCUT2D eigenvalue weighted by Crippen LogP contribution is -2.02. The second-order valence-electron chi connectivity index (χ2n) is 5.07. The summed E-state index contributed by atoms with van der Waals surface area (Å²) in [5, 5.41) is 9.28. The summed E-state index contributed by atoms with van der Waals surface area (Å²) in [6.45, 7) is 4.03. The van der Waals surface area contributed by atoms with E-state index in [0.717, 1.165) is 11.1 Å². The van der Waals surface area contributed by atoms with Crippen molar-refractivity contribution in [3.05, 3.63) is 70.3 Å². The van der Waals surface area contributed by atoms with E-state index in [4.69, 9.17) is 4.74 Å². The quantitative estimate of drug-likeness (QED) is 0.484. The van der Waals surface area contributed by atoms with Crippen molar-refractivity contribution in [1.82, 2.24) is 0 Å². The van der Waals surface area contributed by atoms with Crippen molar-refractivity contribution < 1.29 is 9.53 Å². The average Bonchev–Trinajstić information content (AvgIpc) is 2.55. The lowest BCUT2D eigenvalue weighted by atomic mass is 10.00. The molecule has 0 bridgehead atoms. The molecule has 0 radical (unpaired) electrons. The summed E-state index contributed by atoms with van der Waals surface area (Å²) >= 11 is 0. The van der Waals surface area contributed by atoms with Gasteiger partial charge in [-0.2, -0.15) is 5.26 Å². The van der Waals surface area contributed by atoms with Gasteiger partial charge in [0.2, 0.25) is 5.78 Å². The van der Waals surface area contributed by atoms with Crippen molar-refractivity contribution in [2.24, 2.45) is 0 Å². The Morgan fingerprint density at radius 1 is 1.09 bits per heavy atom. The van der Waals surface area contributed by atoms with Crippen molar-refractivity contribution >= 4 is 11.9 Å². The zero-order valence-corrected chi connectivity index (χ0v) is 12.9. The number of methoxy groups -OCH3 is 1. The minimum Gasteiger partial charge on any atom is -0.497 e. The van der Waals surface area contributed by atoms with Gasteiger partial charge in [-0.25, -0.2) is 0 Å². The Morgan fingerprint density at radius 2 is 1.77 bits per heavy atom. The summed E-state index contributed by atoms with van der Waals surface area (Å²) in [6.07, 6.45) is 1.62. The number of allylic oxidation sites excluding steroid dienone is 1. The highest BCUT2D eigenvalue weighted by molar-refractivity contribution is 6.14. The minimum atomic E-state index is -0.289. The van der Waals surface area contributed by atoms with E-state index < -0.39 is 0 Å². The maximum absolute atomic E-state index is 12.4. The number of Topliss-reactive ketones (excluding diaryl/α,β-unsaturated/α-hetero) is 1. The zero-order chi connectivity index (χ0) is 16.1. The Hall–Kier alpha value is -2.86. The predicted molar refractivity (Wildman–Crippen MR) is 86.8 cm³/mol. The lowest BCUT2D eigenvalue weighted by molar-refractivity contribution is 0.104. The van der Waals surface area contributed by atoms with Crippen LogP contribution in [0.25, 0.3) is 6.08 Å². The van der Waals surface area contributed by atoms with Crippen LogP contribution in [0.3, 0.4) is 0 Å². The first kappa shape index (κ1) is 15.5. The molecule has 0 N–H and O–H groups in total. The molecule has 0 aliphatic rings. The summed E-state index contributed by atoms with van der Waals surface area (Å²) in [5.41, 5.74) is 3.74. The fourth-order valence-corrected chi connectivity index (χ4v) is 2.07. The molecule has 0 aliphatic carbocycles. The minimum absolute atomic E-state index is 0.119. The number of benzene rings is 2. The van der Waals surface area contributed by atoms with Crippen LogP contribution in [0.5, 0.6) is 5.75 Å². The van der Waals surface area contributed by atoms with E-state index in [1.165, 1.54) is 5.56 Å². The number of ether oxygens (including phenoxy) is 1. The number of hydrogen-bond donors (Lipinski definition) is 0. The third-order valence-corrected chi connectivity index (χ3v) is 3.56. The van der Waals surface area contributed by atoms with Crippen LogP contribution in [0.4, 0.5) is 0 Å². The maximum Gasteiger partial charge on any atom is 0.203 e. The Morgan fingerprint density at radius 3 is 2.32 bits per heavy atom. The number of carbonyl (C=O) groups is 1. The van der Waals surface area contributed by atoms with Gasteiger partial charge in [0.25, 0.3) is 0 Å². The summed E-state index contributed by atoms with van der Waals surface area (Å²) in [6, 6.07) is 14.6. The van der Waals surface area contributed by atoms with Gasteiger partial charge >= 0.3 is 0 Å². The molecule has 0 aliphatic heterocycles. The number of aryl methyl sites for hydroxylation is 2. The lowest BCUT2D eigenvalue weighted by Gasteiger charge is -2.04. The number of hydrogen-bond acceptors (Lipinski definition) is 3. The third kappa shape index (κ3) is 3.42. The average molecular weight is 291 g/mol. The van der Waals surface area contributed by atoms with Gasteiger partial charge in [0.15, 0.2) is 0 Å². The van der Waals surface area contributed by atoms with Gasteiger partial charge in [-0.15, -0.1) is 0 Å². The molecule has 2 aromatic rings. The predicted octanol–water partition coefficient (Wildman–Crippen LogP) is 4.10. The van der Waals surface area contributed by atoms with Crippen LogP contribution in [-0.2, 0) is 0 Å². The number of nitrogens with zero attached hydrogens (tertiary/aromatic N) is 1. The molecule has 22 heavy (non-hydrogen) atoms. The van der Waals surface area contributed by atoms with E-state index in [1.807, 2.05) is 38.1 Å². The van der Waals surface area contributed by atoms with Crippen molar-refractivity contribution in [3.8, 4) is 11.8 Å².